The number of hydrogen-bond donors (Lipinski definition) is 1. The zero-order chi connectivity index (χ0) is 17.3. The van der Waals surface area contributed by atoms with Gasteiger partial charge in [0.1, 0.15) is 12.4 Å². The second kappa shape index (κ2) is 6.28. The van der Waals surface area contributed by atoms with Gasteiger partial charge >= 0.3 is 0 Å². The average Bonchev–Trinajstić information content (AvgIpc) is 2.83. The van der Waals surface area contributed by atoms with Crippen LogP contribution in [-0.4, -0.2) is 16.8 Å². The van der Waals surface area contributed by atoms with Crippen LogP contribution < -0.4 is 5.32 Å². The number of nitrogens with one attached hydrogen (secondary N) is 1. The highest BCUT2D eigenvalue weighted by atomic mass is 19.1. The smallest absolute Gasteiger partial charge is 0.244 e. The van der Waals surface area contributed by atoms with E-state index in [0.717, 1.165) is 16.8 Å². The Morgan fingerprint density at radius 3 is 2.54 bits per heavy atom. The summed E-state index contributed by atoms with van der Waals surface area (Å²) in [5.74, 6) is -0.623. The van der Waals surface area contributed by atoms with Crippen molar-refractivity contribution in [1.82, 2.24) is 4.57 Å². The minimum atomic E-state index is -0.414. The summed E-state index contributed by atoms with van der Waals surface area (Å²) in [7, 11) is 0. The van der Waals surface area contributed by atoms with Crippen molar-refractivity contribution in [2.24, 2.45) is 0 Å². The van der Waals surface area contributed by atoms with Gasteiger partial charge in [-0.25, -0.2) is 4.39 Å². The summed E-state index contributed by atoms with van der Waals surface area (Å²) >= 11 is 0. The van der Waals surface area contributed by atoms with Gasteiger partial charge in [-0.3, -0.25) is 9.59 Å². The number of aryl methyl sites for hydroxylation is 2. The van der Waals surface area contributed by atoms with Crippen molar-refractivity contribution >= 4 is 28.8 Å². The van der Waals surface area contributed by atoms with E-state index >= 15 is 0 Å². The highest BCUT2D eigenvalue weighted by molar-refractivity contribution is 5.99. The molecular weight excluding hydrogens is 307 g/mol. The molecule has 3 aromatic rings. The average molecular weight is 324 g/mol. The maximum atomic E-state index is 13.4. The third kappa shape index (κ3) is 3.20. The van der Waals surface area contributed by atoms with E-state index in [-0.39, 0.29) is 12.5 Å². The first kappa shape index (κ1) is 15.9. The van der Waals surface area contributed by atoms with E-state index in [9.17, 15) is 14.0 Å². The molecule has 1 amide bonds. The predicted octanol–water partition coefficient (Wildman–Crippen LogP) is 3.85. The molecule has 0 spiro atoms. The quantitative estimate of drug-likeness (QED) is 0.741. The molecule has 4 nitrogen and oxygen atoms in total. The van der Waals surface area contributed by atoms with Crippen LogP contribution in [0.4, 0.5) is 10.1 Å². The summed E-state index contributed by atoms with van der Waals surface area (Å²) in [6, 6.07) is 10.0. The maximum Gasteiger partial charge on any atom is 0.244 e. The second-order valence-electron chi connectivity index (χ2n) is 5.92. The zero-order valence-electron chi connectivity index (χ0n) is 13.5. The number of aldehydes is 1. The van der Waals surface area contributed by atoms with Crippen molar-refractivity contribution in [3.05, 3.63) is 65.1 Å². The van der Waals surface area contributed by atoms with Crippen molar-refractivity contribution in [2.45, 2.75) is 20.4 Å². The Hall–Kier alpha value is -2.95. The molecule has 0 atom stereocenters. The molecule has 1 aromatic heterocycles. The number of halogens is 1. The van der Waals surface area contributed by atoms with E-state index in [0.29, 0.717) is 22.8 Å². The number of carbonyl (C=O) groups is 2. The van der Waals surface area contributed by atoms with Crippen molar-refractivity contribution < 1.29 is 14.0 Å². The molecule has 0 aliphatic heterocycles. The molecule has 0 unspecified atom stereocenters. The molecule has 0 radical (unpaired) electrons. The van der Waals surface area contributed by atoms with E-state index in [1.165, 1.54) is 12.1 Å². The first-order valence-electron chi connectivity index (χ1n) is 7.58. The third-order valence-electron chi connectivity index (χ3n) is 3.82. The van der Waals surface area contributed by atoms with Crippen molar-refractivity contribution in [2.75, 3.05) is 5.32 Å². The molecule has 0 aliphatic carbocycles. The van der Waals surface area contributed by atoms with Gasteiger partial charge in [-0.1, -0.05) is 6.07 Å². The molecule has 0 bridgehead atoms. The van der Waals surface area contributed by atoms with Crippen LogP contribution in [0.25, 0.3) is 10.9 Å². The molecule has 3 rings (SSSR count). The molecule has 122 valence electrons. The molecule has 1 N–H and O–H groups in total. The summed E-state index contributed by atoms with van der Waals surface area (Å²) in [4.78, 5) is 23.5. The fourth-order valence-corrected chi connectivity index (χ4v) is 2.92. The molecule has 0 aliphatic rings. The fraction of sp³-hybridized carbons (Fsp3) is 0.158. The molecule has 24 heavy (non-hydrogen) atoms. The van der Waals surface area contributed by atoms with E-state index in [1.54, 1.807) is 16.8 Å². The minimum Gasteiger partial charge on any atom is -0.337 e. The maximum absolute atomic E-state index is 13.4. The van der Waals surface area contributed by atoms with Gasteiger partial charge in [0.05, 0.1) is 0 Å². The zero-order valence-corrected chi connectivity index (χ0v) is 13.5. The highest BCUT2D eigenvalue weighted by Gasteiger charge is 2.12. The minimum absolute atomic E-state index is 0.0446. The number of aromatic nitrogens is 1. The highest BCUT2D eigenvalue weighted by Crippen LogP contribution is 2.22. The van der Waals surface area contributed by atoms with Crippen LogP contribution in [-0.2, 0) is 11.3 Å². The Labute approximate surface area is 138 Å². The number of carbonyl (C=O) groups excluding carboxylic acids is 2. The summed E-state index contributed by atoms with van der Waals surface area (Å²) in [5.41, 5.74) is 3.87. The number of hydrogen-bond acceptors (Lipinski definition) is 2. The lowest BCUT2D eigenvalue weighted by Gasteiger charge is -2.09. The normalized spacial score (nSPS) is 10.8. The Balaban J connectivity index is 1.86. The molecule has 0 saturated carbocycles. The van der Waals surface area contributed by atoms with Gasteiger partial charge in [0, 0.05) is 28.4 Å². The van der Waals surface area contributed by atoms with Gasteiger partial charge in [-0.15, -0.1) is 0 Å². The van der Waals surface area contributed by atoms with Gasteiger partial charge in [0.25, 0.3) is 0 Å². The Kier molecular flexibility index (Phi) is 4.16. The van der Waals surface area contributed by atoms with Crippen LogP contribution in [0.15, 0.2) is 42.6 Å². The lowest BCUT2D eigenvalue weighted by molar-refractivity contribution is -0.116. The predicted molar refractivity (Wildman–Crippen MR) is 91.8 cm³/mol. The van der Waals surface area contributed by atoms with Crippen LogP contribution in [0, 0.1) is 19.7 Å². The van der Waals surface area contributed by atoms with E-state index in [4.69, 9.17) is 0 Å². The van der Waals surface area contributed by atoms with Gasteiger partial charge in [-0.05, 0) is 55.3 Å². The van der Waals surface area contributed by atoms with Crippen LogP contribution >= 0.6 is 0 Å². The number of anilines is 1. The van der Waals surface area contributed by atoms with Crippen LogP contribution in [0.1, 0.15) is 21.5 Å². The largest absolute Gasteiger partial charge is 0.337 e. The monoisotopic (exact) mass is 324 g/mol. The Morgan fingerprint density at radius 1 is 1.17 bits per heavy atom. The lowest BCUT2D eigenvalue weighted by atomic mass is 10.1. The first-order chi connectivity index (χ1) is 11.5. The van der Waals surface area contributed by atoms with E-state index < -0.39 is 5.82 Å². The second-order valence-corrected chi connectivity index (χ2v) is 5.92. The SMILES string of the molecule is Cc1cc(C)cc(NC(=O)Cn2cc(C=O)c3cc(F)ccc32)c1. The fourth-order valence-electron chi connectivity index (χ4n) is 2.92. The molecular formula is C19H17FN2O2. The third-order valence-corrected chi connectivity index (χ3v) is 3.82. The first-order valence-corrected chi connectivity index (χ1v) is 7.58. The van der Waals surface area contributed by atoms with Crippen LogP contribution in [0.3, 0.4) is 0 Å². The van der Waals surface area contributed by atoms with Crippen molar-refractivity contribution in [3.63, 3.8) is 0 Å². The molecule has 5 heteroatoms. The van der Waals surface area contributed by atoms with Crippen molar-refractivity contribution in [1.29, 1.82) is 0 Å². The number of benzene rings is 2. The molecule has 1 heterocycles. The van der Waals surface area contributed by atoms with Gasteiger partial charge in [0.2, 0.25) is 5.91 Å². The molecule has 0 fully saturated rings. The number of fused-ring (bicyclic) bond motifs is 1. The Morgan fingerprint density at radius 2 is 1.88 bits per heavy atom. The molecule has 0 saturated heterocycles. The standard InChI is InChI=1S/C19H17FN2O2/c1-12-5-13(2)7-16(6-12)21-19(24)10-22-9-14(11-23)17-8-15(20)3-4-18(17)22/h3-9,11H,10H2,1-2H3,(H,21,24). The summed E-state index contributed by atoms with van der Waals surface area (Å²) in [6.45, 7) is 3.98. The van der Waals surface area contributed by atoms with Gasteiger partial charge in [0.15, 0.2) is 6.29 Å². The topological polar surface area (TPSA) is 51.1 Å². The lowest BCUT2D eigenvalue weighted by Crippen LogP contribution is -2.18. The summed E-state index contributed by atoms with van der Waals surface area (Å²) in [6.07, 6.45) is 2.23. The van der Waals surface area contributed by atoms with Crippen LogP contribution in [0.5, 0.6) is 0 Å². The summed E-state index contributed by atoms with van der Waals surface area (Å²) < 4.78 is 15.0. The Bertz CT molecular complexity index is 924. The number of nitrogens with zero attached hydrogens (tertiary/aromatic N) is 1. The van der Waals surface area contributed by atoms with Crippen molar-refractivity contribution in [3.8, 4) is 0 Å². The number of rotatable bonds is 4. The van der Waals surface area contributed by atoms with E-state index in [2.05, 4.69) is 5.32 Å². The van der Waals surface area contributed by atoms with Gasteiger partial charge in [-0.2, -0.15) is 0 Å². The summed E-state index contributed by atoms with van der Waals surface area (Å²) in [5, 5.41) is 3.36. The van der Waals surface area contributed by atoms with Crippen LogP contribution in [0.2, 0.25) is 0 Å². The molecule has 2 aromatic carbocycles. The number of amides is 1. The van der Waals surface area contributed by atoms with Gasteiger partial charge < -0.3 is 9.88 Å². The van der Waals surface area contributed by atoms with E-state index in [1.807, 2.05) is 32.0 Å².